The summed E-state index contributed by atoms with van der Waals surface area (Å²) >= 11 is 1.43. The zero-order valence-electron chi connectivity index (χ0n) is 12.6. The lowest BCUT2D eigenvalue weighted by atomic mass is 10.0. The molecule has 0 bridgehead atoms. The average Bonchev–Trinajstić information content (AvgIpc) is 2.84. The number of aromatic nitrogens is 1. The highest BCUT2D eigenvalue weighted by Crippen LogP contribution is 2.19. The van der Waals surface area contributed by atoms with E-state index in [9.17, 15) is 4.79 Å². The number of aryl methyl sites for hydroxylation is 1. The summed E-state index contributed by atoms with van der Waals surface area (Å²) in [5.74, 6) is 0.846. The summed E-state index contributed by atoms with van der Waals surface area (Å²) in [6, 6.07) is 0. The van der Waals surface area contributed by atoms with Crippen LogP contribution in [0.5, 0.6) is 0 Å². The maximum Gasteiger partial charge on any atom is 0.266 e. The first-order valence-electron chi connectivity index (χ1n) is 7.39. The Hall–Kier alpha value is -0.940. The molecule has 1 aliphatic rings. The predicted molar refractivity (Wildman–Crippen MR) is 81.2 cm³/mol. The van der Waals surface area contributed by atoms with Gasteiger partial charge in [-0.1, -0.05) is 26.7 Å². The SMILES string of the molecule is Cc1ncsc1C(=O)N1CCOC(CCCC(C)C)C1. The lowest BCUT2D eigenvalue weighted by Gasteiger charge is -2.33. The van der Waals surface area contributed by atoms with Crippen LogP contribution in [-0.2, 0) is 4.74 Å². The smallest absolute Gasteiger partial charge is 0.266 e. The molecule has 0 radical (unpaired) electrons. The number of carbonyl (C=O) groups is 1. The Labute approximate surface area is 125 Å². The van der Waals surface area contributed by atoms with Gasteiger partial charge in [0.05, 0.1) is 23.9 Å². The van der Waals surface area contributed by atoms with Gasteiger partial charge >= 0.3 is 0 Å². The molecule has 2 rings (SSSR count). The number of nitrogens with zero attached hydrogens (tertiary/aromatic N) is 2. The molecule has 0 saturated carbocycles. The first kappa shape index (κ1) is 15.4. The number of amides is 1. The van der Waals surface area contributed by atoms with E-state index in [1.165, 1.54) is 24.2 Å². The summed E-state index contributed by atoms with van der Waals surface area (Å²) in [5.41, 5.74) is 2.58. The number of carbonyl (C=O) groups excluding carboxylic acids is 1. The Morgan fingerprint density at radius 1 is 1.60 bits per heavy atom. The summed E-state index contributed by atoms with van der Waals surface area (Å²) in [6.45, 7) is 8.43. The third kappa shape index (κ3) is 4.03. The van der Waals surface area contributed by atoms with Crippen molar-refractivity contribution < 1.29 is 9.53 Å². The monoisotopic (exact) mass is 296 g/mol. The molecule has 1 fully saturated rings. The summed E-state index contributed by atoms with van der Waals surface area (Å²) in [7, 11) is 0. The fraction of sp³-hybridized carbons (Fsp3) is 0.733. The third-order valence-corrected chi connectivity index (χ3v) is 4.59. The molecule has 1 aliphatic heterocycles. The van der Waals surface area contributed by atoms with Crippen molar-refractivity contribution in [3.63, 3.8) is 0 Å². The first-order chi connectivity index (χ1) is 9.58. The molecule has 1 saturated heterocycles. The van der Waals surface area contributed by atoms with Crippen LogP contribution in [0.25, 0.3) is 0 Å². The second kappa shape index (κ2) is 7.18. The second-order valence-electron chi connectivity index (χ2n) is 5.84. The van der Waals surface area contributed by atoms with Crippen molar-refractivity contribution in [3.8, 4) is 0 Å². The van der Waals surface area contributed by atoms with Crippen molar-refractivity contribution in [2.45, 2.75) is 46.1 Å². The molecular weight excluding hydrogens is 272 g/mol. The zero-order valence-corrected chi connectivity index (χ0v) is 13.4. The highest BCUT2D eigenvalue weighted by molar-refractivity contribution is 7.11. The molecular formula is C15H24N2O2S. The van der Waals surface area contributed by atoms with Crippen molar-refractivity contribution in [1.29, 1.82) is 0 Å². The molecule has 1 unspecified atom stereocenters. The fourth-order valence-corrected chi connectivity index (χ4v) is 3.25. The molecule has 0 aromatic carbocycles. The van der Waals surface area contributed by atoms with Gasteiger partial charge in [0.15, 0.2) is 0 Å². The minimum atomic E-state index is 0.113. The number of hydrogen-bond donors (Lipinski definition) is 0. The standard InChI is InChI=1S/C15H24N2O2S/c1-11(2)5-4-6-13-9-17(7-8-19-13)15(18)14-12(3)16-10-20-14/h10-11,13H,4-9H2,1-3H3. The average molecular weight is 296 g/mol. The normalized spacial score (nSPS) is 19.6. The van der Waals surface area contributed by atoms with Crippen molar-refractivity contribution in [2.75, 3.05) is 19.7 Å². The highest BCUT2D eigenvalue weighted by atomic mass is 32.1. The van der Waals surface area contributed by atoms with Crippen LogP contribution in [0, 0.1) is 12.8 Å². The Morgan fingerprint density at radius 2 is 2.40 bits per heavy atom. The Morgan fingerprint density at radius 3 is 3.05 bits per heavy atom. The van der Waals surface area contributed by atoms with Crippen molar-refractivity contribution in [2.24, 2.45) is 5.92 Å². The molecule has 1 amide bonds. The molecule has 112 valence electrons. The first-order valence-corrected chi connectivity index (χ1v) is 8.27. The van der Waals surface area contributed by atoms with E-state index in [0.29, 0.717) is 19.7 Å². The van der Waals surface area contributed by atoms with Crippen LogP contribution in [0.4, 0.5) is 0 Å². The number of ether oxygens (including phenoxy) is 1. The highest BCUT2D eigenvalue weighted by Gasteiger charge is 2.26. The van der Waals surface area contributed by atoms with Crippen molar-refractivity contribution in [1.82, 2.24) is 9.88 Å². The summed E-state index contributed by atoms with van der Waals surface area (Å²) in [6.07, 6.45) is 3.63. The predicted octanol–water partition coefficient (Wildman–Crippen LogP) is 3.12. The molecule has 1 aromatic rings. The van der Waals surface area contributed by atoms with E-state index in [1.807, 2.05) is 11.8 Å². The van der Waals surface area contributed by atoms with Gasteiger partial charge < -0.3 is 9.64 Å². The molecule has 1 aromatic heterocycles. The van der Waals surface area contributed by atoms with Crippen LogP contribution in [0.1, 0.15) is 48.5 Å². The van der Waals surface area contributed by atoms with Crippen LogP contribution in [0.15, 0.2) is 5.51 Å². The molecule has 5 heteroatoms. The Balaban J connectivity index is 1.87. The largest absolute Gasteiger partial charge is 0.375 e. The van der Waals surface area contributed by atoms with Gasteiger partial charge in [-0.3, -0.25) is 4.79 Å². The maximum atomic E-state index is 12.5. The minimum absolute atomic E-state index is 0.113. The van der Waals surface area contributed by atoms with Gasteiger partial charge in [0.1, 0.15) is 4.88 Å². The van der Waals surface area contributed by atoms with E-state index < -0.39 is 0 Å². The van der Waals surface area contributed by atoms with Crippen LogP contribution in [0.3, 0.4) is 0 Å². The van der Waals surface area contributed by atoms with Crippen LogP contribution < -0.4 is 0 Å². The van der Waals surface area contributed by atoms with Gasteiger partial charge in [0.2, 0.25) is 0 Å². The molecule has 4 nitrogen and oxygen atoms in total. The van der Waals surface area contributed by atoms with Crippen LogP contribution >= 0.6 is 11.3 Å². The number of rotatable bonds is 5. The van der Waals surface area contributed by atoms with Gasteiger partial charge in [-0.05, 0) is 19.3 Å². The van der Waals surface area contributed by atoms with Crippen molar-refractivity contribution in [3.05, 3.63) is 16.1 Å². The topological polar surface area (TPSA) is 42.4 Å². The molecule has 0 spiro atoms. The van der Waals surface area contributed by atoms with Gasteiger partial charge in [-0.25, -0.2) is 4.98 Å². The summed E-state index contributed by atoms with van der Waals surface area (Å²) in [5, 5.41) is 0. The van der Waals surface area contributed by atoms with E-state index in [2.05, 4.69) is 18.8 Å². The molecule has 2 heterocycles. The van der Waals surface area contributed by atoms with Gasteiger partial charge in [0.25, 0.3) is 5.91 Å². The minimum Gasteiger partial charge on any atom is -0.375 e. The van der Waals surface area contributed by atoms with Gasteiger partial charge in [-0.2, -0.15) is 0 Å². The number of hydrogen-bond acceptors (Lipinski definition) is 4. The lowest BCUT2D eigenvalue weighted by molar-refractivity contribution is -0.0258. The maximum absolute atomic E-state index is 12.5. The molecule has 0 N–H and O–H groups in total. The Bertz CT molecular complexity index is 445. The quantitative estimate of drug-likeness (QED) is 0.838. The second-order valence-corrected chi connectivity index (χ2v) is 6.69. The van der Waals surface area contributed by atoms with E-state index in [0.717, 1.165) is 22.9 Å². The van der Waals surface area contributed by atoms with Crippen LogP contribution in [-0.4, -0.2) is 41.6 Å². The van der Waals surface area contributed by atoms with E-state index in [-0.39, 0.29) is 12.0 Å². The van der Waals surface area contributed by atoms with E-state index in [1.54, 1.807) is 5.51 Å². The van der Waals surface area contributed by atoms with Crippen molar-refractivity contribution >= 4 is 17.2 Å². The van der Waals surface area contributed by atoms with E-state index >= 15 is 0 Å². The van der Waals surface area contributed by atoms with Gasteiger partial charge in [0, 0.05) is 13.1 Å². The molecule has 0 aliphatic carbocycles. The molecule has 1 atom stereocenters. The van der Waals surface area contributed by atoms with Gasteiger partial charge in [-0.15, -0.1) is 11.3 Å². The van der Waals surface area contributed by atoms with Crippen LogP contribution in [0.2, 0.25) is 0 Å². The van der Waals surface area contributed by atoms with E-state index in [4.69, 9.17) is 4.74 Å². The third-order valence-electron chi connectivity index (χ3n) is 3.67. The zero-order chi connectivity index (χ0) is 14.5. The lowest BCUT2D eigenvalue weighted by Crippen LogP contribution is -2.45. The Kier molecular flexibility index (Phi) is 5.54. The summed E-state index contributed by atoms with van der Waals surface area (Å²) < 4.78 is 5.78. The number of thiazole rings is 1. The summed E-state index contributed by atoms with van der Waals surface area (Å²) in [4.78, 5) is 19.3. The fourth-order valence-electron chi connectivity index (χ4n) is 2.48. The molecule has 20 heavy (non-hydrogen) atoms. The number of morpholine rings is 1.